The Bertz CT molecular complexity index is 97.6. The van der Waals surface area contributed by atoms with Gasteiger partial charge in [-0.2, -0.15) is 11.8 Å². The SMILES string of the molecule is CSC[C@@H]1CCCN(I)C1. The molecule has 10 heavy (non-hydrogen) atoms. The van der Waals surface area contributed by atoms with Gasteiger partial charge in [-0.05, 0) is 30.8 Å². The molecule has 0 unspecified atom stereocenters. The van der Waals surface area contributed by atoms with E-state index in [0.717, 1.165) is 5.92 Å². The highest BCUT2D eigenvalue weighted by Crippen LogP contribution is 2.21. The second-order valence-corrected chi connectivity index (χ2v) is 5.11. The molecule has 1 saturated heterocycles. The zero-order valence-corrected chi connectivity index (χ0v) is 9.32. The van der Waals surface area contributed by atoms with E-state index in [2.05, 4.69) is 32.2 Å². The topological polar surface area (TPSA) is 3.24 Å². The van der Waals surface area contributed by atoms with Crippen LogP contribution in [0.15, 0.2) is 0 Å². The van der Waals surface area contributed by atoms with Gasteiger partial charge in [0, 0.05) is 36.0 Å². The van der Waals surface area contributed by atoms with Crippen LogP contribution in [-0.4, -0.2) is 28.2 Å². The molecule has 1 rings (SSSR count). The van der Waals surface area contributed by atoms with Crippen molar-refractivity contribution in [3.8, 4) is 0 Å². The van der Waals surface area contributed by atoms with Crippen molar-refractivity contribution in [1.29, 1.82) is 0 Å². The largest absolute Gasteiger partial charge is 0.247 e. The van der Waals surface area contributed by atoms with Crippen LogP contribution in [0, 0.1) is 5.92 Å². The molecule has 0 amide bonds. The first-order chi connectivity index (χ1) is 4.83. The second kappa shape index (κ2) is 4.83. The van der Waals surface area contributed by atoms with Gasteiger partial charge < -0.3 is 0 Å². The van der Waals surface area contributed by atoms with Gasteiger partial charge in [-0.3, -0.25) is 0 Å². The minimum Gasteiger partial charge on any atom is -0.247 e. The van der Waals surface area contributed by atoms with E-state index in [1.54, 1.807) is 0 Å². The number of piperidine rings is 1. The van der Waals surface area contributed by atoms with Crippen LogP contribution in [0.2, 0.25) is 0 Å². The Kier molecular flexibility index (Phi) is 4.41. The maximum Gasteiger partial charge on any atom is 0.0201 e. The summed E-state index contributed by atoms with van der Waals surface area (Å²) in [5.41, 5.74) is 0. The van der Waals surface area contributed by atoms with Gasteiger partial charge in [-0.1, -0.05) is 0 Å². The van der Waals surface area contributed by atoms with Crippen LogP contribution in [0.5, 0.6) is 0 Å². The van der Waals surface area contributed by atoms with E-state index in [9.17, 15) is 0 Å². The van der Waals surface area contributed by atoms with Crippen LogP contribution in [0.1, 0.15) is 12.8 Å². The number of hydrogen-bond donors (Lipinski definition) is 0. The number of rotatable bonds is 2. The molecule has 0 N–H and O–H groups in total. The molecule has 0 aliphatic carbocycles. The Labute approximate surface area is 81.4 Å². The minimum atomic E-state index is 0.959. The van der Waals surface area contributed by atoms with Crippen molar-refractivity contribution in [3.63, 3.8) is 0 Å². The van der Waals surface area contributed by atoms with Crippen molar-refractivity contribution >= 4 is 34.6 Å². The van der Waals surface area contributed by atoms with Crippen molar-refractivity contribution in [2.45, 2.75) is 12.8 Å². The van der Waals surface area contributed by atoms with E-state index < -0.39 is 0 Å². The van der Waals surface area contributed by atoms with Gasteiger partial charge in [0.1, 0.15) is 0 Å². The zero-order chi connectivity index (χ0) is 7.40. The summed E-state index contributed by atoms with van der Waals surface area (Å²) in [6.07, 6.45) is 5.04. The van der Waals surface area contributed by atoms with Crippen molar-refractivity contribution in [2.24, 2.45) is 5.92 Å². The third-order valence-electron chi connectivity index (χ3n) is 1.87. The monoisotopic (exact) mass is 271 g/mol. The molecular formula is C7H14INS. The van der Waals surface area contributed by atoms with Crippen LogP contribution in [0.4, 0.5) is 0 Å². The third-order valence-corrected chi connectivity index (χ3v) is 3.55. The van der Waals surface area contributed by atoms with E-state index in [1.807, 2.05) is 11.8 Å². The molecule has 3 heteroatoms. The third kappa shape index (κ3) is 2.96. The summed E-state index contributed by atoms with van der Waals surface area (Å²) in [6, 6.07) is 0. The minimum absolute atomic E-state index is 0.959. The Morgan fingerprint density at radius 3 is 3.10 bits per heavy atom. The van der Waals surface area contributed by atoms with Gasteiger partial charge in [0.05, 0.1) is 0 Å². The molecule has 0 aromatic rings. The molecule has 0 saturated carbocycles. The highest BCUT2D eigenvalue weighted by Gasteiger charge is 2.16. The number of hydrogen-bond acceptors (Lipinski definition) is 2. The molecule has 1 aliphatic heterocycles. The average molecular weight is 271 g/mol. The first-order valence-corrected chi connectivity index (χ1v) is 6.08. The van der Waals surface area contributed by atoms with E-state index in [4.69, 9.17) is 0 Å². The standard InChI is InChI=1S/C7H14INS/c1-10-6-7-3-2-4-9(8)5-7/h7H,2-6H2,1H3/t7-/m1/s1. The fourth-order valence-corrected chi connectivity index (χ4v) is 3.03. The fraction of sp³-hybridized carbons (Fsp3) is 1.00. The van der Waals surface area contributed by atoms with E-state index in [0.29, 0.717) is 0 Å². The quantitative estimate of drug-likeness (QED) is 0.560. The molecule has 0 aromatic heterocycles. The van der Waals surface area contributed by atoms with Gasteiger partial charge in [0.15, 0.2) is 0 Å². The summed E-state index contributed by atoms with van der Waals surface area (Å²) in [7, 11) is 0. The first kappa shape index (κ1) is 9.13. The van der Waals surface area contributed by atoms with Crippen LogP contribution < -0.4 is 0 Å². The molecule has 0 spiro atoms. The van der Waals surface area contributed by atoms with Crippen LogP contribution >= 0.6 is 34.6 Å². The summed E-state index contributed by atoms with van der Waals surface area (Å²) < 4.78 is 2.42. The van der Waals surface area contributed by atoms with Gasteiger partial charge in [-0.25, -0.2) is 3.11 Å². The fourth-order valence-electron chi connectivity index (χ4n) is 1.39. The summed E-state index contributed by atoms with van der Waals surface area (Å²) in [6.45, 7) is 2.60. The number of halogens is 1. The Morgan fingerprint density at radius 2 is 2.50 bits per heavy atom. The molecule has 60 valence electrons. The average Bonchev–Trinajstić information content (AvgIpc) is 1.88. The van der Waals surface area contributed by atoms with Crippen molar-refractivity contribution in [1.82, 2.24) is 3.11 Å². The molecule has 0 bridgehead atoms. The maximum atomic E-state index is 2.44. The maximum absolute atomic E-state index is 2.44. The first-order valence-electron chi connectivity index (χ1n) is 3.72. The lowest BCUT2D eigenvalue weighted by Crippen LogP contribution is -2.28. The lowest BCUT2D eigenvalue weighted by Gasteiger charge is -2.27. The second-order valence-electron chi connectivity index (χ2n) is 2.83. The number of nitrogens with zero attached hydrogens (tertiary/aromatic N) is 1. The summed E-state index contributed by atoms with van der Waals surface area (Å²) in [5.74, 6) is 2.31. The van der Waals surface area contributed by atoms with Crippen LogP contribution in [0.25, 0.3) is 0 Å². The molecule has 1 heterocycles. The normalized spacial score (nSPS) is 28.8. The predicted octanol–water partition coefficient (Wildman–Crippen LogP) is 2.41. The Hall–Kier alpha value is 1.04. The molecule has 0 aromatic carbocycles. The van der Waals surface area contributed by atoms with Gasteiger partial charge in [-0.15, -0.1) is 0 Å². The van der Waals surface area contributed by atoms with E-state index in [1.165, 1.54) is 31.7 Å². The molecule has 1 nitrogen and oxygen atoms in total. The van der Waals surface area contributed by atoms with E-state index >= 15 is 0 Å². The zero-order valence-electron chi connectivity index (χ0n) is 6.35. The predicted molar refractivity (Wildman–Crippen MR) is 56.7 cm³/mol. The highest BCUT2D eigenvalue weighted by molar-refractivity contribution is 14.1. The van der Waals surface area contributed by atoms with Gasteiger partial charge in [0.2, 0.25) is 0 Å². The summed E-state index contributed by atoms with van der Waals surface area (Å²) in [4.78, 5) is 0. The Balaban J connectivity index is 2.18. The lowest BCUT2D eigenvalue weighted by atomic mass is 10.0. The van der Waals surface area contributed by atoms with Crippen LogP contribution in [-0.2, 0) is 0 Å². The van der Waals surface area contributed by atoms with Gasteiger partial charge in [0.25, 0.3) is 0 Å². The summed E-state index contributed by atoms with van der Waals surface area (Å²) in [5, 5.41) is 0. The van der Waals surface area contributed by atoms with Crippen molar-refractivity contribution in [2.75, 3.05) is 25.1 Å². The molecule has 1 aliphatic rings. The van der Waals surface area contributed by atoms with Gasteiger partial charge >= 0.3 is 0 Å². The smallest absolute Gasteiger partial charge is 0.0201 e. The number of thioether (sulfide) groups is 1. The highest BCUT2D eigenvalue weighted by atomic mass is 127. The molecule has 1 fully saturated rings. The molecule has 0 radical (unpaired) electrons. The van der Waals surface area contributed by atoms with Crippen molar-refractivity contribution in [3.05, 3.63) is 0 Å². The van der Waals surface area contributed by atoms with E-state index in [-0.39, 0.29) is 0 Å². The molecular weight excluding hydrogens is 257 g/mol. The Morgan fingerprint density at radius 1 is 1.70 bits per heavy atom. The molecule has 1 atom stereocenters. The summed E-state index contributed by atoms with van der Waals surface area (Å²) >= 11 is 4.42. The van der Waals surface area contributed by atoms with Crippen LogP contribution in [0.3, 0.4) is 0 Å². The van der Waals surface area contributed by atoms with Crippen molar-refractivity contribution < 1.29 is 0 Å². The lowest BCUT2D eigenvalue weighted by molar-refractivity contribution is 0.327.